The molecule has 2 aliphatic carbocycles. The molecule has 3 fully saturated rings. The second-order valence-corrected chi connectivity index (χ2v) is 12.1. The van der Waals surface area contributed by atoms with Crippen LogP contribution in [0.25, 0.3) is 0 Å². The highest BCUT2D eigenvalue weighted by Gasteiger charge is 2.66. The number of anilines is 1. The molecule has 1 saturated heterocycles. The standard InChI is InChI=1S/C23H27Br3N2O3/c1-11-9-16(12(2)8-15(11)24)27-17(29)6-4-3-5-7-28-22(30)18-13-10-14(19(18)23(28)31)21(26)20(13)25/h8-9,13-14,18-21H,3-7,10H2,1-2H3,(H,27,29)/t13-,14-,18-,19-,20-,21+/m1/s1. The number of amides is 3. The van der Waals surface area contributed by atoms with Crippen LogP contribution in [-0.2, 0) is 14.4 Å². The van der Waals surface area contributed by atoms with Crippen LogP contribution in [0.15, 0.2) is 16.6 Å². The van der Waals surface area contributed by atoms with Gasteiger partial charge in [-0.2, -0.15) is 0 Å². The number of likely N-dealkylation sites (tertiary alicyclic amines) is 1. The fourth-order valence-corrected chi connectivity index (χ4v) is 7.82. The number of halogens is 3. The number of alkyl halides is 2. The summed E-state index contributed by atoms with van der Waals surface area (Å²) in [6, 6.07) is 3.98. The maximum absolute atomic E-state index is 12.9. The Hall–Kier alpha value is -0.730. The van der Waals surface area contributed by atoms with Crippen LogP contribution in [0.4, 0.5) is 5.69 Å². The van der Waals surface area contributed by atoms with Crippen molar-refractivity contribution < 1.29 is 14.4 Å². The third-order valence-electron chi connectivity index (χ3n) is 7.14. The molecule has 31 heavy (non-hydrogen) atoms. The molecule has 1 heterocycles. The first-order valence-electron chi connectivity index (χ1n) is 10.9. The van der Waals surface area contributed by atoms with Gasteiger partial charge in [-0.3, -0.25) is 19.3 Å². The SMILES string of the molecule is Cc1cc(NC(=O)CCCCCN2C(=O)[C@@H]3[C@H]4C[C@@H]([C@@H](Br)[C@H]4Br)[C@H]3C2=O)c(C)cc1Br. The summed E-state index contributed by atoms with van der Waals surface area (Å²) in [6.45, 7) is 4.44. The zero-order chi connectivity index (χ0) is 22.4. The molecule has 4 rings (SSSR count). The van der Waals surface area contributed by atoms with Crippen molar-refractivity contribution >= 4 is 71.2 Å². The average Bonchev–Trinajstić information content (AvgIpc) is 3.32. The Morgan fingerprint density at radius 3 is 2.23 bits per heavy atom. The number of benzene rings is 1. The van der Waals surface area contributed by atoms with Crippen molar-refractivity contribution in [3.63, 3.8) is 0 Å². The number of carbonyl (C=O) groups is 3. The minimum absolute atomic E-state index is 0.00372. The average molecular weight is 619 g/mol. The number of aryl methyl sites for hydroxylation is 2. The Bertz CT molecular complexity index is 890. The van der Waals surface area contributed by atoms with E-state index in [1.165, 1.54) is 4.90 Å². The molecule has 0 spiro atoms. The summed E-state index contributed by atoms with van der Waals surface area (Å²) in [5.41, 5.74) is 2.94. The summed E-state index contributed by atoms with van der Waals surface area (Å²) in [6.07, 6.45) is 3.68. The lowest BCUT2D eigenvalue weighted by Crippen LogP contribution is -2.37. The van der Waals surface area contributed by atoms with Crippen LogP contribution >= 0.6 is 47.8 Å². The number of unbranched alkanes of at least 4 members (excludes halogenated alkanes) is 2. The highest BCUT2D eigenvalue weighted by molar-refractivity contribution is 9.12. The Labute approximate surface area is 208 Å². The van der Waals surface area contributed by atoms with Gasteiger partial charge in [0.25, 0.3) is 0 Å². The van der Waals surface area contributed by atoms with Crippen LogP contribution in [-0.4, -0.2) is 38.8 Å². The van der Waals surface area contributed by atoms with Gasteiger partial charge in [-0.1, -0.05) is 54.2 Å². The van der Waals surface area contributed by atoms with Gasteiger partial charge in [0.2, 0.25) is 17.7 Å². The normalized spacial score (nSPS) is 31.5. The second-order valence-electron chi connectivity index (χ2n) is 9.11. The van der Waals surface area contributed by atoms with E-state index in [0.717, 1.165) is 47.0 Å². The van der Waals surface area contributed by atoms with E-state index < -0.39 is 0 Å². The van der Waals surface area contributed by atoms with E-state index in [9.17, 15) is 14.4 Å². The molecule has 0 aromatic heterocycles. The molecule has 3 amide bonds. The van der Waals surface area contributed by atoms with Crippen molar-refractivity contribution in [1.29, 1.82) is 0 Å². The van der Waals surface area contributed by atoms with E-state index in [-0.39, 0.29) is 51.0 Å². The predicted octanol–water partition coefficient (Wildman–Crippen LogP) is 5.34. The maximum atomic E-state index is 12.9. The van der Waals surface area contributed by atoms with Gasteiger partial charge in [-0.15, -0.1) is 0 Å². The number of fused-ring (bicyclic) bond motifs is 5. The van der Waals surface area contributed by atoms with E-state index in [1.54, 1.807) is 0 Å². The highest BCUT2D eigenvalue weighted by Crippen LogP contribution is 2.60. The fourth-order valence-electron chi connectivity index (χ4n) is 5.49. The molecule has 2 saturated carbocycles. The van der Waals surface area contributed by atoms with Gasteiger partial charge in [-0.05, 0) is 68.2 Å². The lowest BCUT2D eigenvalue weighted by Gasteiger charge is -2.28. The van der Waals surface area contributed by atoms with Crippen LogP contribution in [0.3, 0.4) is 0 Å². The van der Waals surface area contributed by atoms with Crippen molar-refractivity contribution in [1.82, 2.24) is 4.90 Å². The Balaban J connectivity index is 1.22. The van der Waals surface area contributed by atoms with Crippen LogP contribution in [0, 0.1) is 37.5 Å². The lowest BCUT2D eigenvalue weighted by atomic mass is 9.81. The minimum atomic E-state index is -0.140. The molecule has 1 aromatic rings. The van der Waals surface area contributed by atoms with E-state index in [4.69, 9.17) is 0 Å². The zero-order valence-electron chi connectivity index (χ0n) is 17.7. The highest BCUT2D eigenvalue weighted by atomic mass is 79.9. The molecule has 6 atom stereocenters. The maximum Gasteiger partial charge on any atom is 0.233 e. The summed E-state index contributed by atoms with van der Waals surface area (Å²) < 4.78 is 1.03. The van der Waals surface area contributed by atoms with Gasteiger partial charge in [0, 0.05) is 32.8 Å². The van der Waals surface area contributed by atoms with Crippen molar-refractivity contribution in [2.75, 3.05) is 11.9 Å². The number of carbonyl (C=O) groups excluding carboxylic acids is 3. The fraction of sp³-hybridized carbons (Fsp3) is 0.609. The van der Waals surface area contributed by atoms with Gasteiger partial charge in [0.1, 0.15) is 0 Å². The van der Waals surface area contributed by atoms with E-state index in [0.29, 0.717) is 13.0 Å². The molecule has 5 nitrogen and oxygen atoms in total. The summed E-state index contributed by atoms with van der Waals surface area (Å²) in [5, 5.41) is 2.99. The molecule has 0 radical (unpaired) electrons. The van der Waals surface area contributed by atoms with Gasteiger partial charge in [0.05, 0.1) is 11.8 Å². The van der Waals surface area contributed by atoms with Crippen LogP contribution in [0.5, 0.6) is 0 Å². The van der Waals surface area contributed by atoms with Crippen LogP contribution in [0.2, 0.25) is 0 Å². The van der Waals surface area contributed by atoms with Crippen molar-refractivity contribution in [3.05, 3.63) is 27.7 Å². The van der Waals surface area contributed by atoms with E-state index in [1.807, 2.05) is 26.0 Å². The molecular weight excluding hydrogens is 592 g/mol. The van der Waals surface area contributed by atoms with Gasteiger partial charge < -0.3 is 5.32 Å². The smallest absolute Gasteiger partial charge is 0.233 e. The molecule has 1 N–H and O–H groups in total. The number of nitrogens with one attached hydrogen (secondary N) is 1. The molecule has 8 heteroatoms. The molecule has 168 valence electrons. The zero-order valence-corrected chi connectivity index (χ0v) is 22.4. The first-order chi connectivity index (χ1) is 14.7. The third kappa shape index (κ3) is 4.29. The summed E-state index contributed by atoms with van der Waals surface area (Å²) in [4.78, 5) is 40.1. The first-order valence-corrected chi connectivity index (χ1v) is 13.5. The quantitative estimate of drug-likeness (QED) is 0.255. The van der Waals surface area contributed by atoms with Crippen molar-refractivity contribution in [2.45, 2.75) is 55.6 Å². The molecular formula is C23H27Br3N2O3. The topological polar surface area (TPSA) is 66.5 Å². The second kappa shape index (κ2) is 9.26. The molecule has 1 aliphatic heterocycles. The Morgan fingerprint density at radius 2 is 1.61 bits per heavy atom. The monoisotopic (exact) mass is 616 g/mol. The number of hydrogen-bond acceptors (Lipinski definition) is 3. The van der Waals surface area contributed by atoms with Crippen molar-refractivity contribution in [2.24, 2.45) is 23.7 Å². The largest absolute Gasteiger partial charge is 0.326 e. The summed E-state index contributed by atoms with van der Waals surface area (Å²) in [5.74, 6) is 0.273. The summed E-state index contributed by atoms with van der Waals surface area (Å²) in [7, 11) is 0. The number of imide groups is 1. The Kier molecular flexibility index (Phi) is 7.00. The molecule has 1 aromatic carbocycles. The summed E-state index contributed by atoms with van der Waals surface area (Å²) >= 11 is 10.9. The predicted molar refractivity (Wildman–Crippen MR) is 131 cm³/mol. The van der Waals surface area contributed by atoms with Crippen LogP contribution in [0.1, 0.15) is 43.2 Å². The number of hydrogen-bond donors (Lipinski definition) is 1. The van der Waals surface area contributed by atoms with Gasteiger partial charge >= 0.3 is 0 Å². The molecule has 0 unspecified atom stereocenters. The lowest BCUT2D eigenvalue weighted by molar-refractivity contribution is -0.140. The van der Waals surface area contributed by atoms with Gasteiger partial charge in [0.15, 0.2) is 0 Å². The van der Waals surface area contributed by atoms with E-state index in [2.05, 4.69) is 53.1 Å². The first kappa shape index (κ1) is 23.4. The third-order valence-corrected chi connectivity index (χ3v) is 11.2. The number of nitrogens with zero attached hydrogens (tertiary/aromatic N) is 1. The molecule has 2 bridgehead atoms. The number of rotatable bonds is 7. The minimum Gasteiger partial charge on any atom is -0.326 e. The van der Waals surface area contributed by atoms with Gasteiger partial charge in [-0.25, -0.2) is 0 Å². The Morgan fingerprint density at radius 1 is 1.00 bits per heavy atom. The van der Waals surface area contributed by atoms with Crippen molar-refractivity contribution in [3.8, 4) is 0 Å². The van der Waals surface area contributed by atoms with Crippen LogP contribution < -0.4 is 5.32 Å². The van der Waals surface area contributed by atoms with E-state index >= 15 is 0 Å². The molecule has 3 aliphatic rings.